The minimum atomic E-state index is -0.373. The summed E-state index contributed by atoms with van der Waals surface area (Å²) in [6.07, 6.45) is 2.39. The van der Waals surface area contributed by atoms with E-state index >= 15 is 0 Å². The summed E-state index contributed by atoms with van der Waals surface area (Å²) in [4.78, 5) is 22.3. The summed E-state index contributed by atoms with van der Waals surface area (Å²) >= 11 is 5.74. The number of carbonyl (C=O) groups excluding carboxylic acids is 1. The van der Waals surface area contributed by atoms with E-state index in [2.05, 4.69) is 0 Å². The summed E-state index contributed by atoms with van der Waals surface area (Å²) in [5.41, 5.74) is 5.57. The van der Waals surface area contributed by atoms with Crippen LogP contribution < -0.4 is 15.9 Å². The van der Waals surface area contributed by atoms with E-state index in [1.165, 1.54) is 6.07 Å². The van der Waals surface area contributed by atoms with Crippen LogP contribution >= 0.6 is 11.6 Å². The first-order chi connectivity index (χ1) is 8.58. The van der Waals surface area contributed by atoms with E-state index in [9.17, 15) is 9.59 Å². The van der Waals surface area contributed by atoms with Crippen molar-refractivity contribution in [2.24, 2.45) is 5.73 Å². The lowest BCUT2D eigenvalue weighted by molar-refractivity contribution is -0.118. The number of rotatable bonds is 7. The summed E-state index contributed by atoms with van der Waals surface area (Å²) < 4.78 is 7.20. The fourth-order valence-electron chi connectivity index (χ4n) is 1.54. The van der Waals surface area contributed by atoms with Crippen molar-refractivity contribution in [3.63, 3.8) is 0 Å². The van der Waals surface area contributed by atoms with Crippen molar-refractivity contribution in [2.45, 2.75) is 32.2 Å². The van der Waals surface area contributed by atoms with Gasteiger partial charge >= 0.3 is 0 Å². The van der Waals surface area contributed by atoms with Crippen LogP contribution in [-0.2, 0) is 17.2 Å². The van der Waals surface area contributed by atoms with Crippen LogP contribution in [0.5, 0.6) is 5.75 Å². The van der Waals surface area contributed by atoms with Gasteiger partial charge in [0.05, 0.1) is 18.7 Å². The fraction of sp³-hybridized carbons (Fsp3) is 0.500. The molecule has 6 heteroatoms. The molecule has 0 fully saturated rings. The van der Waals surface area contributed by atoms with Crippen molar-refractivity contribution in [3.8, 4) is 5.75 Å². The first-order valence-electron chi connectivity index (χ1n) is 5.79. The molecule has 0 aliphatic rings. The van der Waals surface area contributed by atoms with Gasteiger partial charge in [0, 0.05) is 24.7 Å². The van der Waals surface area contributed by atoms with Crippen molar-refractivity contribution >= 4 is 17.5 Å². The van der Waals surface area contributed by atoms with Crippen LogP contribution in [0.3, 0.4) is 0 Å². The normalized spacial score (nSPS) is 10.3. The smallest absolute Gasteiger partial charge is 0.223 e. The molecule has 2 N–H and O–H groups in total. The molecular weight excluding hydrogens is 256 g/mol. The SMILES string of the molecule is CCn1cc(OCCCC(N)=O)c(=O)cc1CCl. The molecule has 5 nitrogen and oxygen atoms in total. The number of amides is 1. The van der Waals surface area contributed by atoms with Crippen molar-refractivity contribution in [3.05, 3.63) is 28.2 Å². The van der Waals surface area contributed by atoms with Gasteiger partial charge in [-0.3, -0.25) is 9.59 Å². The summed E-state index contributed by atoms with van der Waals surface area (Å²) in [6, 6.07) is 1.47. The van der Waals surface area contributed by atoms with Crippen LogP contribution in [0.2, 0.25) is 0 Å². The Morgan fingerprint density at radius 1 is 1.56 bits per heavy atom. The highest BCUT2D eigenvalue weighted by atomic mass is 35.5. The molecule has 0 saturated carbocycles. The summed E-state index contributed by atoms with van der Waals surface area (Å²) in [5, 5.41) is 0. The minimum Gasteiger partial charge on any atom is -0.488 e. The van der Waals surface area contributed by atoms with E-state index in [1.807, 2.05) is 11.5 Å². The van der Waals surface area contributed by atoms with Crippen LogP contribution in [0.4, 0.5) is 0 Å². The molecule has 100 valence electrons. The Morgan fingerprint density at radius 3 is 2.83 bits per heavy atom. The number of hydrogen-bond donors (Lipinski definition) is 1. The van der Waals surface area contributed by atoms with Gasteiger partial charge in [-0.25, -0.2) is 0 Å². The topological polar surface area (TPSA) is 74.3 Å². The number of nitrogens with two attached hydrogens (primary N) is 1. The predicted molar refractivity (Wildman–Crippen MR) is 69.9 cm³/mol. The van der Waals surface area contributed by atoms with E-state index in [0.717, 1.165) is 5.69 Å². The molecule has 0 atom stereocenters. The van der Waals surface area contributed by atoms with Gasteiger partial charge in [0.25, 0.3) is 0 Å². The Morgan fingerprint density at radius 2 is 2.28 bits per heavy atom. The van der Waals surface area contributed by atoms with Gasteiger partial charge in [0.15, 0.2) is 5.75 Å². The Labute approximate surface area is 110 Å². The van der Waals surface area contributed by atoms with Crippen LogP contribution in [0, 0.1) is 0 Å². The zero-order valence-electron chi connectivity index (χ0n) is 10.3. The number of nitrogens with zero attached hydrogens (tertiary/aromatic N) is 1. The molecular formula is C12H17ClN2O3. The van der Waals surface area contributed by atoms with Crippen molar-refractivity contribution in [1.82, 2.24) is 4.57 Å². The van der Waals surface area contributed by atoms with Crippen LogP contribution in [0.1, 0.15) is 25.5 Å². The molecule has 0 saturated heterocycles. The fourth-order valence-corrected chi connectivity index (χ4v) is 1.77. The molecule has 1 aromatic heterocycles. The van der Waals surface area contributed by atoms with Gasteiger partial charge in [-0.2, -0.15) is 0 Å². The lowest BCUT2D eigenvalue weighted by atomic mass is 10.3. The molecule has 0 aliphatic carbocycles. The third kappa shape index (κ3) is 4.07. The molecule has 1 rings (SSSR count). The highest BCUT2D eigenvalue weighted by molar-refractivity contribution is 6.16. The van der Waals surface area contributed by atoms with Crippen LogP contribution in [0.25, 0.3) is 0 Å². The Kier molecular flexibility index (Phi) is 5.71. The summed E-state index contributed by atoms with van der Waals surface area (Å²) in [7, 11) is 0. The third-order valence-corrected chi connectivity index (χ3v) is 2.76. The standard InChI is InChI=1S/C12H17ClN2O3/c1-2-15-8-11(10(16)6-9(15)7-13)18-5-3-4-12(14)17/h6,8H,2-5,7H2,1H3,(H2,14,17). The number of halogens is 1. The summed E-state index contributed by atoms with van der Waals surface area (Å²) in [6.45, 7) is 2.96. The Balaban J connectivity index is 2.71. The predicted octanol–water partition coefficient (Wildman–Crippen LogP) is 1.25. The van der Waals surface area contributed by atoms with Gasteiger partial charge in [-0.1, -0.05) is 0 Å². The highest BCUT2D eigenvalue weighted by Gasteiger charge is 2.06. The first kappa shape index (κ1) is 14.6. The second-order valence-corrected chi connectivity index (χ2v) is 4.10. The molecule has 0 radical (unpaired) electrons. The quantitative estimate of drug-likeness (QED) is 0.600. The molecule has 0 bridgehead atoms. The maximum absolute atomic E-state index is 11.7. The van der Waals surface area contributed by atoms with E-state index in [0.29, 0.717) is 19.6 Å². The van der Waals surface area contributed by atoms with Crippen molar-refractivity contribution in [2.75, 3.05) is 6.61 Å². The number of primary amides is 1. The van der Waals surface area contributed by atoms with E-state index in [1.54, 1.807) is 6.20 Å². The molecule has 18 heavy (non-hydrogen) atoms. The molecule has 0 spiro atoms. The van der Waals surface area contributed by atoms with Gasteiger partial charge in [0.1, 0.15) is 0 Å². The minimum absolute atomic E-state index is 0.200. The number of aromatic nitrogens is 1. The molecule has 0 aliphatic heterocycles. The van der Waals surface area contributed by atoms with E-state index in [4.69, 9.17) is 22.1 Å². The number of aryl methyl sites for hydroxylation is 1. The maximum atomic E-state index is 11.7. The first-order valence-corrected chi connectivity index (χ1v) is 6.32. The number of carbonyl (C=O) groups is 1. The summed E-state index contributed by atoms with van der Waals surface area (Å²) in [5.74, 6) is 0.183. The number of ether oxygens (including phenoxy) is 1. The lowest BCUT2D eigenvalue weighted by Gasteiger charge is -2.12. The molecule has 1 amide bonds. The van der Waals surface area contributed by atoms with E-state index in [-0.39, 0.29) is 29.4 Å². The molecule has 0 unspecified atom stereocenters. The zero-order chi connectivity index (χ0) is 13.5. The second-order valence-electron chi connectivity index (χ2n) is 3.83. The van der Waals surface area contributed by atoms with Gasteiger partial charge in [0.2, 0.25) is 11.3 Å². The average Bonchev–Trinajstić information content (AvgIpc) is 2.35. The average molecular weight is 273 g/mol. The maximum Gasteiger partial charge on any atom is 0.223 e. The highest BCUT2D eigenvalue weighted by Crippen LogP contribution is 2.09. The number of alkyl halides is 1. The van der Waals surface area contributed by atoms with Crippen LogP contribution in [-0.4, -0.2) is 17.1 Å². The van der Waals surface area contributed by atoms with Crippen molar-refractivity contribution in [1.29, 1.82) is 0 Å². The van der Waals surface area contributed by atoms with Crippen LogP contribution in [0.15, 0.2) is 17.1 Å². The second kappa shape index (κ2) is 7.06. The number of pyridine rings is 1. The third-order valence-electron chi connectivity index (χ3n) is 2.49. The van der Waals surface area contributed by atoms with Crippen molar-refractivity contribution < 1.29 is 9.53 Å². The number of hydrogen-bond acceptors (Lipinski definition) is 3. The molecule has 1 heterocycles. The molecule has 0 aromatic carbocycles. The largest absolute Gasteiger partial charge is 0.488 e. The van der Waals surface area contributed by atoms with Gasteiger partial charge < -0.3 is 15.0 Å². The Bertz CT molecular complexity index is 471. The van der Waals surface area contributed by atoms with Gasteiger partial charge in [-0.05, 0) is 13.3 Å². The van der Waals surface area contributed by atoms with Gasteiger partial charge in [-0.15, -0.1) is 11.6 Å². The monoisotopic (exact) mass is 272 g/mol. The molecule has 1 aromatic rings. The Hall–Kier alpha value is -1.49. The van der Waals surface area contributed by atoms with E-state index < -0.39 is 0 Å². The lowest BCUT2D eigenvalue weighted by Crippen LogP contribution is -2.16. The zero-order valence-corrected chi connectivity index (χ0v) is 11.1.